The van der Waals surface area contributed by atoms with Gasteiger partial charge in [0.2, 0.25) is 0 Å². The quantitative estimate of drug-likeness (QED) is 0.510. The van der Waals surface area contributed by atoms with E-state index in [1.807, 2.05) is 6.92 Å². The first-order valence-electron chi connectivity index (χ1n) is 8.41. The maximum Gasteiger partial charge on any atom is 0.335 e. The molecular weight excluding hydrogens is 326 g/mol. The number of amidine groups is 1. The molecule has 0 spiro atoms. The molecule has 8 heteroatoms. The van der Waals surface area contributed by atoms with Crippen LogP contribution in [0.25, 0.3) is 0 Å². The van der Waals surface area contributed by atoms with Crippen LogP contribution in [0.4, 0.5) is 0 Å². The first-order valence-corrected chi connectivity index (χ1v) is 8.41. The Balaban J connectivity index is 2.10. The largest absolute Gasteiger partial charge is 0.503 e. The van der Waals surface area contributed by atoms with Crippen LogP contribution < -0.4 is 10.1 Å². The summed E-state index contributed by atoms with van der Waals surface area (Å²) >= 11 is 0. The molecule has 0 aromatic carbocycles. The highest BCUT2D eigenvalue weighted by atomic mass is 16.5. The number of hydrogen-bond donors (Lipinski definition) is 2. The predicted molar refractivity (Wildman–Crippen MR) is 92.1 cm³/mol. The number of pyridine rings is 1. The van der Waals surface area contributed by atoms with Gasteiger partial charge in [0, 0.05) is 18.9 Å². The molecule has 1 aromatic rings. The number of hydrogen-bond acceptors (Lipinski definition) is 8. The smallest absolute Gasteiger partial charge is 0.335 e. The van der Waals surface area contributed by atoms with Gasteiger partial charge in [-0.05, 0) is 20.3 Å². The molecule has 0 saturated carbocycles. The first-order chi connectivity index (χ1) is 12.0. The Morgan fingerprint density at radius 3 is 2.88 bits per heavy atom. The van der Waals surface area contributed by atoms with Crippen molar-refractivity contribution in [2.24, 2.45) is 4.99 Å². The minimum atomic E-state index is -1.04. The summed E-state index contributed by atoms with van der Waals surface area (Å²) in [4.78, 5) is 20.5. The van der Waals surface area contributed by atoms with Crippen LogP contribution in [0.2, 0.25) is 0 Å². The van der Waals surface area contributed by atoms with E-state index in [-0.39, 0.29) is 24.6 Å². The Labute approximate surface area is 147 Å². The van der Waals surface area contributed by atoms with E-state index in [2.05, 4.69) is 15.3 Å². The van der Waals surface area contributed by atoms with E-state index in [4.69, 9.17) is 14.2 Å². The van der Waals surface area contributed by atoms with Gasteiger partial charge in [0.05, 0.1) is 19.8 Å². The molecule has 1 aliphatic heterocycles. The molecule has 8 nitrogen and oxygen atoms in total. The predicted octanol–water partition coefficient (Wildman–Crippen LogP) is 1.26. The lowest BCUT2D eigenvalue weighted by Gasteiger charge is -2.16. The lowest BCUT2D eigenvalue weighted by atomic mass is 10.1. The van der Waals surface area contributed by atoms with Crippen molar-refractivity contribution in [3.05, 3.63) is 18.0 Å². The number of nitrogens with zero attached hydrogens (tertiary/aromatic N) is 2. The van der Waals surface area contributed by atoms with Gasteiger partial charge in [-0.2, -0.15) is 0 Å². The van der Waals surface area contributed by atoms with Crippen molar-refractivity contribution in [3.63, 3.8) is 0 Å². The molecule has 1 atom stereocenters. The maximum absolute atomic E-state index is 12.0. The van der Waals surface area contributed by atoms with Crippen molar-refractivity contribution < 1.29 is 24.1 Å². The molecule has 1 aliphatic rings. The summed E-state index contributed by atoms with van der Waals surface area (Å²) < 4.78 is 15.9. The molecule has 0 bridgehead atoms. The number of carbonyl (C=O) groups excluding carboxylic acids is 1. The van der Waals surface area contributed by atoms with Gasteiger partial charge in [-0.3, -0.25) is 0 Å². The summed E-state index contributed by atoms with van der Waals surface area (Å²) in [6, 6.07) is 1.57. The Morgan fingerprint density at radius 2 is 2.16 bits per heavy atom. The second-order valence-corrected chi connectivity index (χ2v) is 5.78. The second kappa shape index (κ2) is 8.66. The lowest BCUT2D eigenvalue weighted by molar-refractivity contribution is -0.148. The fourth-order valence-corrected chi connectivity index (χ4v) is 2.31. The normalized spacial score (nSPS) is 19.2. The van der Waals surface area contributed by atoms with Crippen molar-refractivity contribution in [1.29, 1.82) is 0 Å². The zero-order valence-corrected chi connectivity index (χ0v) is 14.9. The Hall–Kier alpha value is -2.35. The molecule has 25 heavy (non-hydrogen) atoms. The van der Waals surface area contributed by atoms with Gasteiger partial charge in [0.25, 0.3) is 0 Å². The van der Waals surface area contributed by atoms with Gasteiger partial charge in [-0.15, -0.1) is 0 Å². The minimum Gasteiger partial charge on any atom is -0.503 e. The molecule has 2 N–H and O–H groups in total. The summed E-state index contributed by atoms with van der Waals surface area (Å²) in [5.74, 6) is 0.0786. The van der Waals surface area contributed by atoms with E-state index >= 15 is 0 Å². The lowest BCUT2D eigenvalue weighted by Crippen LogP contribution is -2.39. The van der Waals surface area contributed by atoms with Crippen molar-refractivity contribution in [1.82, 2.24) is 10.3 Å². The first kappa shape index (κ1) is 19.0. The highest BCUT2D eigenvalue weighted by molar-refractivity contribution is 6.04. The van der Waals surface area contributed by atoms with Crippen molar-refractivity contribution >= 4 is 11.8 Å². The summed E-state index contributed by atoms with van der Waals surface area (Å²) in [5, 5.41) is 13.4. The van der Waals surface area contributed by atoms with Gasteiger partial charge in [-0.1, -0.05) is 6.92 Å². The molecule has 0 aliphatic carbocycles. The molecule has 1 unspecified atom stereocenters. The van der Waals surface area contributed by atoms with E-state index < -0.39 is 11.5 Å². The number of ether oxygens (including phenoxy) is 3. The summed E-state index contributed by atoms with van der Waals surface area (Å²) in [6.07, 6.45) is 2.46. The molecule has 1 aromatic heterocycles. The molecule has 0 fully saturated rings. The number of rotatable bonds is 9. The molecular formula is C17H25N3O5. The van der Waals surface area contributed by atoms with Gasteiger partial charge >= 0.3 is 5.97 Å². The monoisotopic (exact) mass is 351 g/mol. The van der Waals surface area contributed by atoms with Gasteiger partial charge < -0.3 is 24.6 Å². The highest BCUT2D eigenvalue weighted by Crippen LogP contribution is 2.30. The second-order valence-electron chi connectivity index (χ2n) is 5.78. The summed E-state index contributed by atoms with van der Waals surface area (Å²) in [7, 11) is 0. The van der Waals surface area contributed by atoms with Gasteiger partial charge in [0.1, 0.15) is 6.61 Å². The van der Waals surface area contributed by atoms with Crippen LogP contribution in [0.15, 0.2) is 17.3 Å². The Morgan fingerprint density at radius 1 is 1.36 bits per heavy atom. The van der Waals surface area contributed by atoms with Crippen molar-refractivity contribution in [2.75, 3.05) is 33.0 Å². The van der Waals surface area contributed by atoms with E-state index in [0.29, 0.717) is 31.4 Å². The number of aromatic nitrogens is 1. The van der Waals surface area contributed by atoms with Crippen LogP contribution in [-0.4, -0.2) is 60.4 Å². The van der Waals surface area contributed by atoms with Crippen molar-refractivity contribution in [2.45, 2.75) is 32.7 Å². The van der Waals surface area contributed by atoms with E-state index in [9.17, 15) is 9.90 Å². The third-order valence-electron chi connectivity index (χ3n) is 3.62. The SMILES string of the molecule is CCCOCCOc1ccnc(C2=NC(C)(C(=O)OCC)CN2)c1O. The molecule has 0 saturated heterocycles. The topological polar surface area (TPSA) is 102 Å². The van der Waals surface area contributed by atoms with Gasteiger partial charge in [0.15, 0.2) is 28.6 Å². The number of aromatic hydroxyl groups is 1. The molecule has 0 amide bonds. The highest BCUT2D eigenvalue weighted by Gasteiger charge is 2.40. The standard InChI is InChI=1S/C17H25N3O5/c1-4-8-23-9-10-25-12-6-7-18-13(14(12)21)15-19-11-17(3,20-15)16(22)24-5-2/h6-7,21H,4-5,8-11H2,1-3H3,(H,19,20). The van der Waals surface area contributed by atoms with Crippen LogP contribution in [0.5, 0.6) is 11.5 Å². The minimum absolute atomic E-state index is 0.127. The van der Waals surface area contributed by atoms with Crippen LogP contribution in [0.3, 0.4) is 0 Å². The van der Waals surface area contributed by atoms with E-state index in [0.717, 1.165) is 6.42 Å². The molecule has 0 radical (unpaired) electrons. The average molecular weight is 351 g/mol. The number of carbonyl (C=O) groups is 1. The zero-order chi connectivity index (χ0) is 18.3. The summed E-state index contributed by atoms with van der Waals surface area (Å²) in [5.41, 5.74) is -0.801. The number of aliphatic imine (C=N–C) groups is 1. The maximum atomic E-state index is 12.0. The van der Waals surface area contributed by atoms with E-state index in [1.165, 1.54) is 6.20 Å². The van der Waals surface area contributed by atoms with Crippen molar-refractivity contribution in [3.8, 4) is 11.5 Å². The molecule has 2 rings (SSSR count). The Bertz CT molecular complexity index is 635. The third-order valence-corrected chi connectivity index (χ3v) is 3.62. The molecule has 2 heterocycles. The van der Waals surface area contributed by atoms with Crippen LogP contribution in [0.1, 0.15) is 32.9 Å². The number of nitrogens with one attached hydrogen (secondary N) is 1. The zero-order valence-electron chi connectivity index (χ0n) is 14.9. The number of esters is 1. The fourth-order valence-electron chi connectivity index (χ4n) is 2.31. The Kier molecular flexibility index (Phi) is 6.58. The third kappa shape index (κ3) is 4.60. The summed E-state index contributed by atoms with van der Waals surface area (Å²) in [6.45, 7) is 7.43. The van der Waals surface area contributed by atoms with E-state index in [1.54, 1.807) is 19.9 Å². The van der Waals surface area contributed by atoms with Crippen LogP contribution in [-0.2, 0) is 14.3 Å². The fraction of sp³-hybridized carbons (Fsp3) is 0.588. The van der Waals surface area contributed by atoms with Crippen LogP contribution >= 0.6 is 0 Å². The van der Waals surface area contributed by atoms with Gasteiger partial charge in [-0.25, -0.2) is 14.8 Å². The average Bonchev–Trinajstić information content (AvgIpc) is 3.00. The molecule has 138 valence electrons. The van der Waals surface area contributed by atoms with Crippen LogP contribution in [0, 0.1) is 0 Å².